The van der Waals surface area contributed by atoms with Crippen molar-refractivity contribution in [1.29, 1.82) is 5.26 Å². The first-order valence-electron chi connectivity index (χ1n) is 13.8. The molecular formula is C28H36N4O2. The van der Waals surface area contributed by atoms with Gasteiger partial charge < -0.3 is 9.72 Å². The first-order chi connectivity index (χ1) is 17.4. The molecule has 2 aromatic heterocycles. The van der Waals surface area contributed by atoms with Gasteiger partial charge in [0.1, 0.15) is 11.8 Å². The van der Waals surface area contributed by atoms with Crippen LogP contribution in [-0.4, -0.2) is 31.9 Å². The molecule has 6 heteroatoms. The van der Waals surface area contributed by atoms with E-state index in [1.807, 2.05) is 39.8 Å². The Balaban J connectivity index is 1.85. The lowest BCUT2D eigenvalue weighted by Crippen LogP contribution is -2.44. The fourth-order valence-electron chi connectivity index (χ4n) is 5.00. The van der Waals surface area contributed by atoms with Crippen molar-refractivity contribution >= 4 is 11.4 Å². The molecule has 1 saturated heterocycles. The number of ether oxygens (including phenoxy) is 1. The maximum absolute atomic E-state index is 13.1. The fraction of sp³-hybridized carbons (Fsp3) is 0.571. The van der Waals surface area contributed by atoms with Gasteiger partial charge in [-0.25, -0.2) is 4.98 Å². The molecule has 0 bridgehead atoms. The second-order valence-electron chi connectivity index (χ2n) is 11.3. The largest absolute Gasteiger partial charge is 0.370 e. The van der Waals surface area contributed by atoms with E-state index in [2.05, 4.69) is 9.97 Å². The number of imidazole rings is 1. The number of rotatable bonds is 5. The maximum Gasteiger partial charge on any atom is 0.202 e. The van der Waals surface area contributed by atoms with Crippen LogP contribution in [0, 0.1) is 16.7 Å². The van der Waals surface area contributed by atoms with E-state index in [1.54, 1.807) is 19.9 Å². The van der Waals surface area contributed by atoms with Crippen LogP contribution in [0.15, 0.2) is 24.4 Å². The molecular weight excluding hydrogens is 424 g/mol. The zero-order chi connectivity index (χ0) is 28.3. The molecule has 2 aromatic rings. The summed E-state index contributed by atoms with van der Waals surface area (Å²) in [5.74, 6) is -0.300. The molecule has 1 atom stereocenters. The number of hydrogen-bond donors (Lipinski definition) is 1. The van der Waals surface area contributed by atoms with Crippen LogP contribution in [0.4, 0.5) is 0 Å². The second kappa shape index (κ2) is 8.78. The monoisotopic (exact) mass is 464 g/mol. The van der Waals surface area contributed by atoms with Gasteiger partial charge in [0.15, 0.2) is 5.82 Å². The predicted molar refractivity (Wildman–Crippen MR) is 132 cm³/mol. The highest BCUT2D eigenvalue weighted by atomic mass is 16.5. The lowest BCUT2D eigenvalue weighted by Gasteiger charge is -2.45. The summed E-state index contributed by atoms with van der Waals surface area (Å²) in [6, 6.07) is 5.47. The molecule has 0 saturated carbocycles. The first-order valence-corrected chi connectivity index (χ1v) is 11.8. The highest BCUT2D eigenvalue weighted by molar-refractivity contribution is 5.95. The lowest BCUT2D eigenvalue weighted by atomic mass is 9.76. The molecule has 1 aliphatic heterocycles. The van der Waals surface area contributed by atoms with Gasteiger partial charge in [0.25, 0.3) is 0 Å². The summed E-state index contributed by atoms with van der Waals surface area (Å²) in [5.41, 5.74) is 0.242. The van der Waals surface area contributed by atoms with Crippen LogP contribution in [-0.2, 0) is 11.2 Å². The Morgan fingerprint density at radius 1 is 1.26 bits per heavy atom. The first kappa shape index (κ1) is 19.5. The number of pyridine rings is 1. The van der Waals surface area contributed by atoms with Gasteiger partial charge in [0.2, 0.25) is 5.78 Å². The predicted octanol–water partition coefficient (Wildman–Crippen LogP) is 6.15. The second-order valence-corrected chi connectivity index (χ2v) is 11.3. The number of Topliss-reactive ketones (excluding diaryl/α,β-unsaturated/α-hetero) is 1. The summed E-state index contributed by atoms with van der Waals surface area (Å²) >= 11 is 0. The molecule has 2 aliphatic rings. The average Bonchev–Trinajstić information content (AvgIpc) is 3.25. The topological polar surface area (TPSA) is 91.7 Å². The summed E-state index contributed by atoms with van der Waals surface area (Å²) in [6.07, 6.45) is -0.178. The van der Waals surface area contributed by atoms with E-state index in [0.717, 1.165) is 18.5 Å². The number of allylic oxidation sites excluding steroid dienone is 2. The van der Waals surface area contributed by atoms with Crippen molar-refractivity contribution < 1.29 is 15.0 Å². The summed E-state index contributed by atoms with van der Waals surface area (Å²) < 4.78 is 41.6. The molecule has 6 nitrogen and oxygen atoms in total. The number of nitrogens with one attached hydrogen (secondary N) is 1. The van der Waals surface area contributed by atoms with Crippen LogP contribution >= 0.6 is 0 Å². The van der Waals surface area contributed by atoms with E-state index in [4.69, 9.17) is 20.5 Å². The van der Waals surface area contributed by atoms with Crippen molar-refractivity contribution in [3.63, 3.8) is 0 Å². The lowest BCUT2D eigenvalue weighted by molar-refractivity contribution is -0.162. The minimum Gasteiger partial charge on any atom is -0.370 e. The molecule has 1 unspecified atom stereocenters. The standard InChI is InChI=1S/C28H36N4O2/c1-26(2)11-9-18(10-12-26)24-19(13-23(33)25-30-17-21(16-29)31-25)7-8-22(32-24)20-14-27(3,4)34-28(5,6)15-20/h7-9,17,20H,10-15H2,1-6H3,(H,30,31)/i9D,10D2,11D. The van der Waals surface area contributed by atoms with Crippen molar-refractivity contribution in [2.24, 2.45) is 5.41 Å². The van der Waals surface area contributed by atoms with Gasteiger partial charge in [-0.15, -0.1) is 0 Å². The Morgan fingerprint density at radius 2 is 1.97 bits per heavy atom. The zero-order valence-electron chi connectivity index (χ0n) is 24.9. The van der Waals surface area contributed by atoms with Gasteiger partial charge >= 0.3 is 0 Å². The minimum absolute atomic E-state index is 0.0352. The highest BCUT2D eigenvalue weighted by Gasteiger charge is 2.40. The number of ketones is 1. The smallest absolute Gasteiger partial charge is 0.202 e. The summed E-state index contributed by atoms with van der Waals surface area (Å²) in [5, 5.41) is 9.08. The van der Waals surface area contributed by atoms with Crippen LogP contribution in [0.3, 0.4) is 0 Å². The summed E-state index contributed by atoms with van der Waals surface area (Å²) in [7, 11) is 0. The van der Waals surface area contributed by atoms with E-state index in [-0.39, 0.29) is 64.6 Å². The van der Waals surface area contributed by atoms with E-state index in [9.17, 15) is 4.79 Å². The Bertz CT molecular complexity index is 1320. The Morgan fingerprint density at radius 3 is 2.62 bits per heavy atom. The van der Waals surface area contributed by atoms with Crippen molar-refractivity contribution in [3.05, 3.63) is 52.9 Å². The molecule has 180 valence electrons. The number of nitrogens with zero attached hydrogens (tertiary/aromatic N) is 3. The number of nitriles is 1. The SMILES string of the molecule is [2H]C1=C(c2nc(C3CC(C)(C)OC(C)(C)C3)ccc2CC(=O)c2ncc(C#N)[nH]2)C([2H])([2H])CC(C)(C)C1[2H]. The van der Waals surface area contributed by atoms with Gasteiger partial charge in [0, 0.05) is 22.1 Å². The van der Waals surface area contributed by atoms with Gasteiger partial charge in [-0.05, 0) is 82.3 Å². The van der Waals surface area contributed by atoms with Crippen LogP contribution in [0.1, 0.15) is 118 Å². The molecule has 1 N–H and O–H groups in total. The molecule has 1 aliphatic carbocycles. The van der Waals surface area contributed by atoms with Crippen LogP contribution < -0.4 is 0 Å². The molecule has 4 rings (SSSR count). The average molecular weight is 465 g/mol. The quantitative estimate of drug-likeness (QED) is 0.536. The number of H-pyrrole nitrogens is 1. The third-order valence-corrected chi connectivity index (χ3v) is 6.32. The summed E-state index contributed by atoms with van der Waals surface area (Å²) in [4.78, 5) is 24.8. The van der Waals surface area contributed by atoms with Crippen molar-refractivity contribution in [2.45, 2.75) is 97.1 Å². The third kappa shape index (κ3) is 5.47. The molecule has 3 heterocycles. The molecule has 0 radical (unpaired) electrons. The summed E-state index contributed by atoms with van der Waals surface area (Å²) in [6.45, 7) is 11.8. The van der Waals surface area contributed by atoms with E-state index >= 15 is 0 Å². The van der Waals surface area contributed by atoms with Crippen LogP contribution in [0.2, 0.25) is 0 Å². The normalized spacial score (nSPS) is 27.1. The zero-order valence-corrected chi connectivity index (χ0v) is 20.9. The van der Waals surface area contributed by atoms with Crippen molar-refractivity contribution in [1.82, 2.24) is 15.0 Å². The van der Waals surface area contributed by atoms with E-state index in [1.165, 1.54) is 6.20 Å². The molecule has 0 spiro atoms. The molecule has 0 aromatic carbocycles. The van der Waals surface area contributed by atoms with E-state index in [0.29, 0.717) is 5.56 Å². The molecule has 1 fully saturated rings. The molecule has 34 heavy (non-hydrogen) atoms. The third-order valence-electron chi connectivity index (χ3n) is 6.32. The van der Waals surface area contributed by atoms with Crippen LogP contribution in [0.25, 0.3) is 5.57 Å². The van der Waals surface area contributed by atoms with Crippen molar-refractivity contribution in [3.8, 4) is 6.07 Å². The Hall–Kier alpha value is -2.78. The van der Waals surface area contributed by atoms with Crippen molar-refractivity contribution in [2.75, 3.05) is 0 Å². The number of aromatic amines is 1. The molecule has 0 amide bonds. The Kier molecular flexibility index (Phi) is 5.04. The van der Waals surface area contributed by atoms with Crippen LogP contribution in [0.5, 0.6) is 0 Å². The number of carbonyl (C=O) groups excluding carboxylic acids is 1. The maximum atomic E-state index is 13.1. The van der Waals surface area contributed by atoms with Gasteiger partial charge in [-0.1, -0.05) is 26.0 Å². The number of carbonyl (C=O) groups is 1. The van der Waals surface area contributed by atoms with Gasteiger partial charge in [-0.3, -0.25) is 9.78 Å². The fourth-order valence-corrected chi connectivity index (χ4v) is 5.00. The number of aromatic nitrogens is 3. The van der Waals surface area contributed by atoms with Gasteiger partial charge in [-0.2, -0.15) is 5.26 Å². The minimum atomic E-state index is -1.91. The number of hydrogen-bond acceptors (Lipinski definition) is 5. The van der Waals surface area contributed by atoms with E-state index < -0.39 is 18.2 Å². The van der Waals surface area contributed by atoms with Gasteiger partial charge in [0.05, 0.1) is 24.5 Å². The highest BCUT2D eigenvalue weighted by Crippen LogP contribution is 2.44. The Labute approximate surface area is 208 Å².